The molecule has 0 saturated carbocycles. The maximum Gasteiger partial charge on any atom is 0.407 e. The number of carbonyl (C=O) groups is 4. The van der Waals surface area contributed by atoms with E-state index in [1.165, 1.54) is 17.1 Å². The molecule has 3 N–H and O–H groups in total. The van der Waals surface area contributed by atoms with Gasteiger partial charge >= 0.3 is 12.1 Å². The van der Waals surface area contributed by atoms with Gasteiger partial charge in [0.2, 0.25) is 0 Å². The Labute approximate surface area is 339 Å². The fraction of sp³-hybridized carbons (Fsp3) is 0.488. The fourth-order valence-electron chi connectivity index (χ4n) is 8.00. The third-order valence-corrected chi connectivity index (χ3v) is 11.1. The molecule has 3 aromatic rings. The average Bonchev–Trinajstić information content (AvgIpc) is 4.01. The Morgan fingerprint density at radius 1 is 1.03 bits per heavy atom. The van der Waals surface area contributed by atoms with Gasteiger partial charge in [0.25, 0.3) is 11.8 Å². The monoisotopic (exact) mass is 823 g/mol. The number of aliphatic hydroxyl groups is 1. The van der Waals surface area contributed by atoms with Crippen LogP contribution in [0.3, 0.4) is 0 Å². The Bertz CT molecular complexity index is 1980. The van der Waals surface area contributed by atoms with Gasteiger partial charge in [-0.05, 0) is 42.5 Å². The van der Waals surface area contributed by atoms with E-state index in [1.807, 2.05) is 34.9 Å². The highest BCUT2D eigenvalue weighted by Crippen LogP contribution is 2.39. The number of aliphatic hydroxyl groups excluding tert-OH is 1. The summed E-state index contributed by atoms with van der Waals surface area (Å²) in [5, 5.41) is 16.7. The highest BCUT2D eigenvalue weighted by atomic mass is 19.1. The van der Waals surface area contributed by atoms with Gasteiger partial charge in [-0.15, -0.1) is 0 Å². The van der Waals surface area contributed by atoms with Crippen molar-refractivity contribution in [1.29, 1.82) is 0 Å². The Morgan fingerprint density at radius 2 is 1.80 bits per heavy atom. The number of amides is 5. The van der Waals surface area contributed by atoms with Crippen molar-refractivity contribution in [1.82, 2.24) is 34.9 Å². The number of nitrogens with one attached hydrogen (secondary N) is 2. The number of halogens is 3. The number of rotatable bonds is 15. The zero-order valence-corrected chi connectivity index (χ0v) is 32.4. The van der Waals surface area contributed by atoms with Gasteiger partial charge in [-0.1, -0.05) is 30.3 Å². The number of alkyl halides is 1. The Hall–Kier alpha value is -5.30. The van der Waals surface area contributed by atoms with Crippen LogP contribution in [-0.2, 0) is 30.3 Å². The van der Waals surface area contributed by atoms with Crippen molar-refractivity contribution in [3.05, 3.63) is 89.9 Å². The predicted octanol–water partition coefficient (Wildman–Crippen LogP) is 3.04. The standard InChI is InChI=1S/C41H48F3N7O8/c42-29-6-7-31(43)30(18-29)33-23-48(21-26-4-2-1-3-5-26)39(47-33)38(27-10-14-57-15-11-27)51(22-28-19-45-20-32(28)44)41(56)49-24-34(52)35(25-49)59-40(55)46-12-16-58-17-13-50-36(53)8-9-37(50)54/h1-9,18,23,27-28,32,34-35,38,45,52H,10-17,19-22,24-25H2,(H,46,55)/t28-,32-,34+,35?,38?/m0/s1. The third kappa shape index (κ3) is 10.1. The van der Waals surface area contributed by atoms with Gasteiger partial charge in [-0.2, -0.15) is 0 Å². The number of imide groups is 1. The molecule has 5 heterocycles. The molecule has 316 valence electrons. The number of nitrogens with zero attached hydrogens (tertiary/aromatic N) is 5. The van der Waals surface area contributed by atoms with Crippen LogP contribution >= 0.6 is 0 Å². The van der Waals surface area contributed by atoms with Crippen LogP contribution in [0.25, 0.3) is 11.3 Å². The first-order chi connectivity index (χ1) is 28.5. The number of hydrogen-bond acceptors (Lipinski definition) is 10. The van der Waals surface area contributed by atoms with E-state index in [0.717, 1.165) is 28.7 Å². The average molecular weight is 824 g/mol. The zero-order chi connectivity index (χ0) is 41.5. The predicted molar refractivity (Wildman–Crippen MR) is 205 cm³/mol. The van der Waals surface area contributed by atoms with E-state index in [0.29, 0.717) is 38.4 Å². The lowest BCUT2D eigenvalue weighted by molar-refractivity contribution is -0.137. The topological polar surface area (TPSA) is 168 Å². The molecule has 0 aliphatic carbocycles. The van der Waals surface area contributed by atoms with Crippen LogP contribution in [0.1, 0.15) is 30.3 Å². The van der Waals surface area contributed by atoms with E-state index in [2.05, 4.69) is 10.6 Å². The molecule has 15 nitrogen and oxygen atoms in total. The molecule has 1 aromatic heterocycles. The molecule has 0 bridgehead atoms. The summed E-state index contributed by atoms with van der Waals surface area (Å²) in [6.07, 6.45) is 0.628. The van der Waals surface area contributed by atoms with Crippen molar-refractivity contribution >= 4 is 23.9 Å². The second-order valence-corrected chi connectivity index (χ2v) is 15.1. The van der Waals surface area contributed by atoms with Crippen LogP contribution in [0.15, 0.2) is 66.9 Å². The summed E-state index contributed by atoms with van der Waals surface area (Å²) < 4.78 is 63.8. The summed E-state index contributed by atoms with van der Waals surface area (Å²) in [6, 6.07) is 11.3. The molecular weight excluding hydrogens is 775 g/mol. The second kappa shape index (κ2) is 19.2. The highest BCUT2D eigenvalue weighted by molar-refractivity contribution is 6.12. The molecule has 4 aliphatic rings. The quantitative estimate of drug-likeness (QED) is 0.153. The largest absolute Gasteiger partial charge is 0.442 e. The molecule has 2 unspecified atom stereocenters. The first-order valence-corrected chi connectivity index (χ1v) is 19.8. The van der Waals surface area contributed by atoms with Crippen LogP contribution in [-0.4, -0.2) is 144 Å². The molecule has 3 saturated heterocycles. The Morgan fingerprint density at radius 3 is 2.53 bits per heavy atom. The van der Waals surface area contributed by atoms with E-state index in [1.54, 1.807) is 11.1 Å². The third-order valence-electron chi connectivity index (χ3n) is 11.1. The highest BCUT2D eigenvalue weighted by Gasteiger charge is 2.45. The minimum atomic E-state index is -1.25. The van der Waals surface area contributed by atoms with Crippen molar-refractivity contribution < 1.29 is 51.7 Å². The summed E-state index contributed by atoms with van der Waals surface area (Å²) in [7, 11) is 0. The number of carbonyl (C=O) groups excluding carboxylic acids is 4. The van der Waals surface area contributed by atoms with Crippen LogP contribution < -0.4 is 10.6 Å². The number of aromatic nitrogens is 2. The van der Waals surface area contributed by atoms with Crippen LogP contribution in [0.2, 0.25) is 0 Å². The van der Waals surface area contributed by atoms with Crippen molar-refractivity contribution in [2.45, 2.75) is 43.8 Å². The maximum atomic E-state index is 15.4. The number of imidazole rings is 1. The number of urea groups is 1. The minimum Gasteiger partial charge on any atom is -0.442 e. The Balaban J connectivity index is 1.11. The van der Waals surface area contributed by atoms with Gasteiger partial charge in [0.1, 0.15) is 35.8 Å². The van der Waals surface area contributed by atoms with Crippen molar-refractivity contribution in [2.24, 2.45) is 11.8 Å². The van der Waals surface area contributed by atoms with Crippen LogP contribution in [0, 0.1) is 23.5 Å². The number of benzene rings is 2. The van der Waals surface area contributed by atoms with E-state index in [-0.39, 0.29) is 76.2 Å². The molecule has 2 aromatic carbocycles. The lowest BCUT2D eigenvalue weighted by Gasteiger charge is -2.41. The molecular formula is C41H48F3N7O8. The summed E-state index contributed by atoms with van der Waals surface area (Å²) in [5.74, 6) is -2.58. The van der Waals surface area contributed by atoms with E-state index < -0.39 is 65.9 Å². The van der Waals surface area contributed by atoms with E-state index in [9.17, 15) is 28.7 Å². The van der Waals surface area contributed by atoms with Gasteiger partial charge < -0.3 is 44.3 Å². The normalized spacial score (nSPS) is 22.6. The van der Waals surface area contributed by atoms with Crippen LogP contribution in [0.4, 0.5) is 22.8 Å². The SMILES string of the molecule is O=C(NCCOCCN1C(=O)C=CC1=O)OC1CN(C(=O)N(C[C@@H]2CNC[C@@H]2F)C(c2nc(-c3cc(F)ccc3F)cn2Cc2ccccc2)C2CCOCC2)C[C@H]1O. The van der Waals surface area contributed by atoms with Gasteiger partial charge in [0.15, 0.2) is 0 Å². The molecule has 18 heteroatoms. The van der Waals surface area contributed by atoms with Gasteiger partial charge in [0, 0.05) is 75.8 Å². The molecule has 7 rings (SSSR count). The number of β-amino-alcohol motifs (C(OH)–C–C–N with tert-alkyl or cyclic N) is 1. The maximum absolute atomic E-state index is 15.4. The van der Waals surface area contributed by atoms with E-state index in [4.69, 9.17) is 19.2 Å². The number of ether oxygens (including phenoxy) is 3. The molecule has 4 aliphatic heterocycles. The zero-order valence-electron chi connectivity index (χ0n) is 32.4. The summed E-state index contributed by atoms with van der Waals surface area (Å²) in [6.45, 7) is 1.37. The van der Waals surface area contributed by atoms with E-state index >= 15 is 8.78 Å². The molecule has 0 spiro atoms. The lowest BCUT2D eigenvalue weighted by atomic mass is 9.89. The van der Waals surface area contributed by atoms with Gasteiger partial charge in [0.05, 0.1) is 44.6 Å². The Kier molecular flexibility index (Phi) is 13.6. The van der Waals surface area contributed by atoms with Crippen molar-refractivity contribution in [2.75, 3.05) is 72.2 Å². The minimum absolute atomic E-state index is 0.0217. The summed E-state index contributed by atoms with van der Waals surface area (Å²) in [5.41, 5.74) is 1.01. The molecule has 0 radical (unpaired) electrons. The lowest BCUT2D eigenvalue weighted by Crippen LogP contribution is -2.50. The second-order valence-electron chi connectivity index (χ2n) is 15.1. The van der Waals surface area contributed by atoms with Crippen molar-refractivity contribution in [3.63, 3.8) is 0 Å². The summed E-state index contributed by atoms with van der Waals surface area (Å²) >= 11 is 0. The van der Waals surface area contributed by atoms with Crippen LogP contribution in [0.5, 0.6) is 0 Å². The van der Waals surface area contributed by atoms with Gasteiger partial charge in [-0.3, -0.25) is 14.5 Å². The number of hydrogen-bond donors (Lipinski definition) is 3. The van der Waals surface area contributed by atoms with Crippen molar-refractivity contribution in [3.8, 4) is 11.3 Å². The molecule has 5 atom stereocenters. The fourth-order valence-corrected chi connectivity index (χ4v) is 8.00. The molecule has 3 fully saturated rings. The first kappa shape index (κ1) is 41.8. The number of likely N-dealkylation sites (tertiary alicyclic amines) is 1. The smallest absolute Gasteiger partial charge is 0.407 e. The first-order valence-electron chi connectivity index (χ1n) is 19.8. The molecule has 5 amide bonds. The van der Waals surface area contributed by atoms with Gasteiger partial charge in [-0.25, -0.2) is 27.7 Å². The molecule has 59 heavy (non-hydrogen) atoms. The summed E-state index contributed by atoms with van der Waals surface area (Å²) in [4.78, 5) is 60.0. The number of alkyl carbamates (subject to hydrolysis) is 1.